The molecule has 0 aliphatic heterocycles. The second kappa shape index (κ2) is 3.25. The maximum absolute atomic E-state index is 5.48. The molecule has 0 radical (unpaired) electrons. The molecule has 48 valence electrons. The largest absolute Gasteiger partial charge is 0.354 e. The van der Waals surface area contributed by atoms with Crippen LogP contribution in [0.2, 0.25) is 0 Å². The second-order valence-electron chi connectivity index (χ2n) is 1.96. The summed E-state index contributed by atoms with van der Waals surface area (Å²) < 4.78 is 0.431. The zero-order chi connectivity index (χ0) is 6.73. The zero-order valence-electron chi connectivity index (χ0n) is 5.31. The summed E-state index contributed by atoms with van der Waals surface area (Å²) in [6.07, 6.45) is 0. The van der Waals surface area contributed by atoms with Crippen LogP contribution >= 0.6 is 23.8 Å². The molecule has 0 aromatic carbocycles. The lowest BCUT2D eigenvalue weighted by Crippen LogP contribution is -2.27. The van der Waals surface area contributed by atoms with E-state index in [0.29, 0.717) is 10.5 Å². The van der Waals surface area contributed by atoms with Crippen molar-refractivity contribution >= 4 is 28.3 Å². The van der Waals surface area contributed by atoms with Gasteiger partial charge in [0, 0.05) is 13.1 Å². The number of hydrogen-bond acceptors (Lipinski definition) is 1. The van der Waals surface area contributed by atoms with Gasteiger partial charge in [-0.05, 0) is 26.1 Å². The highest BCUT2D eigenvalue weighted by Gasteiger charge is 2.02. The number of nitrogens with zero attached hydrogens (tertiary/aromatic N) is 1. The van der Waals surface area contributed by atoms with Crippen molar-refractivity contribution in [2.75, 3.05) is 7.05 Å². The third kappa shape index (κ3) is 2.48. The van der Waals surface area contributed by atoms with Crippen LogP contribution < -0.4 is 0 Å². The van der Waals surface area contributed by atoms with E-state index in [0.717, 1.165) is 0 Å². The number of hydrogen-bond donors (Lipinski definition) is 0. The van der Waals surface area contributed by atoms with Crippen LogP contribution in [0, 0.1) is 0 Å². The quantitative estimate of drug-likeness (QED) is 0.320. The van der Waals surface area contributed by atoms with Gasteiger partial charge in [-0.3, -0.25) is 0 Å². The molecule has 0 rings (SSSR count). The van der Waals surface area contributed by atoms with Crippen molar-refractivity contribution in [2.45, 2.75) is 19.9 Å². The first kappa shape index (κ1) is 8.18. The van der Waals surface area contributed by atoms with Gasteiger partial charge in [0.2, 0.25) is 0 Å². The maximum atomic E-state index is 5.48. The van der Waals surface area contributed by atoms with Crippen molar-refractivity contribution in [1.29, 1.82) is 0 Å². The minimum Gasteiger partial charge on any atom is -0.354 e. The molecular formula is C5H10ClNS. The molecule has 0 heterocycles. The Kier molecular flexibility index (Phi) is 3.33. The van der Waals surface area contributed by atoms with Gasteiger partial charge in [0.25, 0.3) is 0 Å². The minimum absolute atomic E-state index is 0.403. The summed E-state index contributed by atoms with van der Waals surface area (Å²) in [6.45, 7) is 4.07. The molecule has 8 heavy (non-hydrogen) atoms. The fourth-order valence-electron chi connectivity index (χ4n) is 0.203. The number of rotatable bonds is 1. The summed E-state index contributed by atoms with van der Waals surface area (Å²) in [4.78, 5) is 1.83. The third-order valence-corrected chi connectivity index (χ3v) is 1.61. The first-order valence-electron chi connectivity index (χ1n) is 2.48. The maximum Gasteiger partial charge on any atom is 0.169 e. The molecule has 1 nitrogen and oxygen atoms in total. The summed E-state index contributed by atoms with van der Waals surface area (Å²) in [7, 11) is 1.88. The van der Waals surface area contributed by atoms with E-state index in [9.17, 15) is 0 Å². The van der Waals surface area contributed by atoms with E-state index in [-0.39, 0.29) is 0 Å². The number of thiocarbonyl (C=S) groups is 1. The van der Waals surface area contributed by atoms with E-state index in [1.807, 2.05) is 25.8 Å². The van der Waals surface area contributed by atoms with Crippen LogP contribution in [0.25, 0.3) is 0 Å². The monoisotopic (exact) mass is 151 g/mol. The fourth-order valence-corrected chi connectivity index (χ4v) is 0.609. The predicted molar refractivity (Wildman–Crippen MR) is 41.4 cm³/mol. The average molecular weight is 152 g/mol. The lowest BCUT2D eigenvalue weighted by molar-refractivity contribution is 0.430. The molecule has 0 spiro atoms. The van der Waals surface area contributed by atoms with Gasteiger partial charge < -0.3 is 4.90 Å². The smallest absolute Gasteiger partial charge is 0.169 e. The first-order valence-corrected chi connectivity index (χ1v) is 3.26. The highest BCUT2D eigenvalue weighted by molar-refractivity contribution is 7.83. The normalized spacial score (nSPS) is 9.62. The van der Waals surface area contributed by atoms with E-state index in [1.54, 1.807) is 0 Å². The van der Waals surface area contributed by atoms with Gasteiger partial charge in [-0.15, -0.1) is 0 Å². The summed E-state index contributed by atoms with van der Waals surface area (Å²) in [6, 6.07) is 0.403. The molecular weight excluding hydrogens is 142 g/mol. The molecule has 0 bridgehead atoms. The minimum atomic E-state index is 0.403. The molecule has 0 N–H and O–H groups in total. The molecule has 0 saturated heterocycles. The van der Waals surface area contributed by atoms with Gasteiger partial charge in [0.1, 0.15) is 0 Å². The average Bonchev–Trinajstić information content (AvgIpc) is 1.64. The topological polar surface area (TPSA) is 3.24 Å². The molecule has 3 heteroatoms. The van der Waals surface area contributed by atoms with Gasteiger partial charge in [-0.2, -0.15) is 0 Å². The Hall–Kier alpha value is 0.180. The molecule has 0 saturated carbocycles. The van der Waals surface area contributed by atoms with E-state index >= 15 is 0 Å². The second-order valence-corrected chi connectivity index (χ2v) is 2.93. The molecule has 0 aromatic rings. The predicted octanol–water partition coefficient (Wildman–Crippen LogP) is 1.85. The van der Waals surface area contributed by atoms with Crippen molar-refractivity contribution in [3.8, 4) is 0 Å². The molecule has 0 aliphatic rings. The standard InChI is InChI=1S/C5H10ClNS/c1-4(2)7(3)5(6)8/h4H,1-3H3. The fraction of sp³-hybridized carbons (Fsp3) is 0.800. The zero-order valence-corrected chi connectivity index (χ0v) is 6.88. The number of halogens is 1. The van der Waals surface area contributed by atoms with Crippen LogP contribution in [0.3, 0.4) is 0 Å². The summed E-state index contributed by atoms with van der Waals surface area (Å²) in [5, 5.41) is 0. The van der Waals surface area contributed by atoms with Crippen LogP contribution in [0.5, 0.6) is 0 Å². The van der Waals surface area contributed by atoms with Gasteiger partial charge in [0.15, 0.2) is 4.45 Å². The van der Waals surface area contributed by atoms with E-state index in [1.165, 1.54) is 0 Å². The SMILES string of the molecule is CC(C)N(C)C(=S)Cl. The lowest BCUT2D eigenvalue weighted by atomic mass is 10.4. The van der Waals surface area contributed by atoms with Crippen molar-refractivity contribution < 1.29 is 0 Å². The van der Waals surface area contributed by atoms with Crippen LogP contribution in [-0.2, 0) is 0 Å². The van der Waals surface area contributed by atoms with Crippen LogP contribution in [0.15, 0.2) is 0 Å². The summed E-state index contributed by atoms with van der Waals surface area (Å²) in [5.74, 6) is 0. The van der Waals surface area contributed by atoms with Crippen LogP contribution in [0.4, 0.5) is 0 Å². The Labute approximate surface area is 60.6 Å². The van der Waals surface area contributed by atoms with Gasteiger partial charge in [-0.1, -0.05) is 11.6 Å². The molecule has 0 atom stereocenters. The molecule has 0 unspecified atom stereocenters. The summed E-state index contributed by atoms with van der Waals surface area (Å²) in [5.41, 5.74) is 0. The van der Waals surface area contributed by atoms with Crippen molar-refractivity contribution in [2.24, 2.45) is 0 Å². The first-order chi connectivity index (χ1) is 3.55. The van der Waals surface area contributed by atoms with Gasteiger partial charge >= 0.3 is 0 Å². The van der Waals surface area contributed by atoms with Gasteiger partial charge in [0.05, 0.1) is 0 Å². The van der Waals surface area contributed by atoms with E-state index in [2.05, 4.69) is 12.2 Å². The molecule has 0 aromatic heterocycles. The Morgan fingerprint density at radius 2 is 2.00 bits per heavy atom. The Bertz CT molecular complexity index is 92.4. The lowest BCUT2D eigenvalue weighted by Gasteiger charge is -2.19. The molecule has 0 amide bonds. The third-order valence-electron chi connectivity index (χ3n) is 1.05. The van der Waals surface area contributed by atoms with E-state index < -0.39 is 0 Å². The Balaban J connectivity index is 3.64. The highest BCUT2D eigenvalue weighted by atomic mass is 35.5. The van der Waals surface area contributed by atoms with Crippen molar-refractivity contribution in [3.63, 3.8) is 0 Å². The summed E-state index contributed by atoms with van der Waals surface area (Å²) >= 11 is 10.2. The van der Waals surface area contributed by atoms with Crippen LogP contribution in [-0.4, -0.2) is 22.4 Å². The van der Waals surface area contributed by atoms with Crippen molar-refractivity contribution in [3.05, 3.63) is 0 Å². The van der Waals surface area contributed by atoms with E-state index in [4.69, 9.17) is 11.6 Å². The molecule has 0 aliphatic carbocycles. The Morgan fingerprint density at radius 1 is 1.62 bits per heavy atom. The van der Waals surface area contributed by atoms with Gasteiger partial charge in [-0.25, -0.2) is 0 Å². The highest BCUT2D eigenvalue weighted by Crippen LogP contribution is 1.98. The van der Waals surface area contributed by atoms with Crippen LogP contribution in [0.1, 0.15) is 13.8 Å². The molecule has 0 fully saturated rings. The Morgan fingerprint density at radius 3 is 2.00 bits per heavy atom. The van der Waals surface area contributed by atoms with Crippen molar-refractivity contribution in [1.82, 2.24) is 4.90 Å².